The topological polar surface area (TPSA) is 87.7 Å². The zero-order valence-electron chi connectivity index (χ0n) is 11.1. The molecule has 20 heavy (non-hydrogen) atoms. The first-order valence-corrected chi connectivity index (χ1v) is 6.18. The second-order valence-corrected chi connectivity index (χ2v) is 3.96. The lowest BCUT2D eigenvalue weighted by Gasteiger charge is -2.11. The molecule has 0 bridgehead atoms. The van der Waals surface area contributed by atoms with Gasteiger partial charge in [-0.15, -0.1) is 0 Å². The average Bonchev–Trinajstić information content (AvgIpc) is 2.43. The minimum absolute atomic E-state index is 0.0930. The highest BCUT2D eigenvalue weighted by atomic mass is 16.5. The van der Waals surface area contributed by atoms with E-state index in [1.807, 2.05) is 24.3 Å². The number of carbonyl (C=O) groups excluding carboxylic acids is 1. The summed E-state index contributed by atoms with van der Waals surface area (Å²) in [7, 11) is 0. The van der Waals surface area contributed by atoms with E-state index in [-0.39, 0.29) is 13.0 Å². The molecular weight excluding hydrogens is 260 g/mol. The van der Waals surface area contributed by atoms with Crippen molar-refractivity contribution in [3.8, 4) is 5.75 Å². The van der Waals surface area contributed by atoms with Crippen LogP contribution in [0.25, 0.3) is 0 Å². The number of aliphatic carboxylic acids is 1. The molecule has 2 amide bonds. The number of amides is 2. The van der Waals surface area contributed by atoms with Gasteiger partial charge in [0.25, 0.3) is 0 Å². The minimum Gasteiger partial charge on any atom is -0.489 e. The van der Waals surface area contributed by atoms with Crippen LogP contribution < -0.4 is 15.4 Å². The van der Waals surface area contributed by atoms with Gasteiger partial charge < -0.3 is 20.5 Å². The van der Waals surface area contributed by atoms with Gasteiger partial charge in [0, 0.05) is 18.7 Å². The van der Waals surface area contributed by atoms with Crippen LogP contribution in [0.2, 0.25) is 0 Å². The van der Waals surface area contributed by atoms with E-state index in [0.29, 0.717) is 18.9 Å². The van der Waals surface area contributed by atoms with Crippen LogP contribution >= 0.6 is 0 Å². The summed E-state index contributed by atoms with van der Waals surface area (Å²) in [6.45, 7) is 4.36. The van der Waals surface area contributed by atoms with Crippen LogP contribution in [0, 0.1) is 0 Å². The second-order valence-electron chi connectivity index (χ2n) is 3.96. The Morgan fingerprint density at radius 1 is 1.30 bits per heavy atom. The first kappa shape index (κ1) is 15.6. The normalized spacial score (nSPS) is 9.60. The first-order valence-electron chi connectivity index (χ1n) is 6.18. The van der Waals surface area contributed by atoms with Gasteiger partial charge in [-0.25, -0.2) is 4.79 Å². The molecule has 0 fully saturated rings. The van der Waals surface area contributed by atoms with E-state index in [0.717, 1.165) is 5.56 Å². The van der Waals surface area contributed by atoms with Crippen LogP contribution in [0.15, 0.2) is 36.9 Å². The van der Waals surface area contributed by atoms with Gasteiger partial charge in [0.2, 0.25) is 0 Å². The summed E-state index contributed by atoms with van der Waals surface area (Å²) in [5.41, 5.74) is 0.836. The van der Waals surface area contributed by atoms with E-state index in [2.05, 4.69) is 17.2 Å². The molecule has 1 aromatic rings. The van der Waals surface area contributed by atoms with Gasteiger partial charge in [0.05, 0.1) is 6.42 Å². The summed E-state index contributed by atoms with van der Waals surface area (Å²) in [6, 6.07) is 6.93. The molecule has 1 rings (SSSR count). The molecule has 0 heterocycles. The molecule has 0 spiro atoms. The van der Waals surface area contributed by atoms with Crippen molar-refractivity contribution in [2.24, 2.45) is 0 Å². The van der Waals surface area contributed by atoms with Crippen LogP contribution in [-0.4, -0.2) is 30.3 Å². The SMILES string of the molecule is C=CCOc1ccccc1CNC(=O)NCCC(=O)O. The van der Waals surface area contributed by atoms with E-state index in [1.54, 1.807) is 6.08 Å². The fraction of sp³-hybridized carbons (Fsp3) is 0.286. The molecular formula is C14H18N2O4. The third-order valence-corrected chi connectivity index (χ3v) is 2.39. The monoisotopic (exact) mass is 278 g/mol. The third-order valence-electron chi connectivity index (χ3n) is 2.39. The number of rotatable bonds is 8. The van der Waals surface area contributed by atoms with Gasteiger partial charge in [-0.3, -0.25) is 4.79 Å². The Hall–Kier alpha value is -2.50. The van der Waals surface area contributed by atoms with E-state index >= 15 is 0 Å². The maximum atomic E-state index is 11.5. The van der Waals surface area contributed by atoms with Gasteiger partial charge in [-0.05, 0) is 6.07 Å². The number of benzene rings is 1. The first-order chi connectivity index (χ1) is 9.63. The molecule has 0 aliphatic carbocycles. The molecule has 6 heteroatoms. The molecule has 0 aliphatic heterocycles. The van der Waals surface area contributed by atoms with Gasteiger partial charge in [-0.2, -0.15) is 0 Å². The molecule has 0 atom stereocenters. The van der Waals surface area contributed by atoms with Crippen molar-refractivity contribution < 1.29 is 19.4 Å². The molecule has 0 aliphatic rings. The van der Waals surface area contributed by atoms with Gasteiger partial charge in [0.15, 0.2) is 0 Å². The Labute approximate surface area is 117 Å². The van der Waals surface area contributed by atoms with Crippen molar-refractivity contribution in [2.45, 2.75) is 13.0 Å². The Morgan fingerprint density at radius 2 is 2.05 bits per heavy atom. The fourth-order valence-electron chi connectivity index (χ4n) is 1.46. The summed E-state index contributed by atoms with van der Waals surface area (Å²) in [5, 5.41) is 13.6. The maximum Gasteiger partial charge on any atom is 0.315 e. The highest BCUT2D eigenvalue weighted by Crippen LogP contribution is 2.17. The lowest BCUT2D eigenvalue weighted by molar-refractivity contribution is -0.136. The van der Waals surface area contributed by atoms with Crippen LogP contribution in [-0.2, 0) is 11.3 Å². The lowest BCUT2D eigenvalue weighted by Crippen LogP contribution is -2.36. The number of nitrogens with one attached hydrogen (secondary N) is 2. The van der Waals surface area contributed by atoms with Gasteiger partial charge in [0.1, 0.15) is 12.4 Å². The molecule has 1 aromatic carbocycles. The number of hydrogen-bond acceptors (Lipinski definition) is 3. The van der Waals surface area contributed by atoms with E-state index < -0.39 is 12.0 Å². The number of carbonyl (C=O) groups is 2. The molecule has 0 radical (unpaired) electrons. The predicted molar refractivity (Wildman–Crippen MR) is 74.6 cm³/mol. The molecule has 0 saturated carbocycles. The minimum atomic E-state index is -0.950. The van der Waals surface area contributed by atoms with E-state index in [1.165, 1.54) is 0 Å². The molecule has 0 unspecified atom stereocenters. The molecule has 108 valence electrons. The Kier molecular flexibility index (Phi) is 6.67. The quantitative estimate of drug-likeness (QED) is 0.629. The van der Waals surface area contributed by atoms with Crippen molar-refractivity contribution in [3.05, 3.63) is 42.5 Å². The smallest absolute Gasteiger partial charge is 0.315 e. The number of urea groups is 1. The lowest BCUT2D eigenvalue weighted by atomic mass is 10.2. The molecule has 3 N–H and O–H groups in total. The molecule has 6 nitrogen and oxygen atoms in total. The summed E-state index contributed by atoms with van der Waals surface area (Å²) in [4.78, 5) is 21.8. The van der Waals surface area contributed by atoms with Crippen molar-refractivity contribution >= 4 is 12.0 Å². The number of hydrogen-bond donors (Lipinski definition) is 3. The summed E-state index contributed by atoms with van der Waals surface area (Å²) in [5.74, 6) is -0.272. The Morgan fingerprint density at radius 3 is 2.75 bits per heavy atom. The largest absolute Gasteiger partial charge is 0.489 e. The average molecular weight is 278 g/mol. The summed E-state index contributed by atoms with van der Waals surface area (Å²) in [6.07, 6.45) is 1.54. The fourth-order valence-corrected chi connectivity index (χ4v) is 1.46. The zero-order valence-corrected chi connectivity index (χ0v) is 11.1. The molecule has 0 aromatic heterocycles. The zero-order chi connectivity index (χ0) is 14.8. The highest BCUT2D eigenvalue weighted by Gasteiger charge is 2.05. The van der Waals surface area contributed by atoms with Crippen LogP contribution in [0.1, 0.15) is 12.0 Å². The van der Waals surface area contributed by atoms with E-state index in [9.17, 15) is 9.59 Å². The molecule has 0 saturated heterocycles. The van der Waals surface area contributed by atoms with Crippen molar-refractivity contribution in [3.63, 3.8) is 0 Å². The second kappa shape index (κ2) is 8.58. The van der Waals surface area contributed by atoms with Gasteiger partial charge in [-0.1, -0.05) is 30.9 Å². The van der Waals surface area contributed by atoms with Gasteiger partial charge >= 0.3 is 12.0 Å². The summed E-state index contributed by atoms with van der Waals surface area (Å²) >= 11 is 0. The maximum absolute atomic E-state index is 11.5. The van der Waals surface area contributed by atoms with Crippen LogP contribution in [0.5, 0.6) is 5.75 Å². The van der Waals surface area contributed by atoms with Crippen LogP contribution in [0.3, 0.4) is 0 Å². The van der Waals surface area contributed by atoms with Crippen molar-refractivity contribution in [1.29, 1.82) is 0 Å². The summed E-state index contributed by atoms with van der Waals surface area (Å²) < 4.78 is 5.46. The van der Waals surface area contributed by atoms with Crippen molar-refractivity contribution in [2.75, 3.05) is 13.2 Å². The number of carboxylic acids is 1. The number of para-hydroxylation sites is 1. The number of carboxylic acid groups (broad SMARTS) is 1. The van der Waals surface area contributed by atoms with Crippen LogP contribution in [0.4, 0.5) is 4.79 Å². The number of ether oxygens (including phenoxy) is 1. The third kappa shape index (κ3) is 5.90. The standard InChI is InChI=1S/C14H18N2O4/c1-2-9-20-12-6-4-3-5-11(12)10-16-14(19)15-8-7-13(17)18/h2-6H,1,7-10H2,(H,17,18)(H2,15,16,19). The Balaban J connectivity index is 2.42. The predicted octanol–water partition coefficient (Wildman–Crippen LogP) is 1.53. The highest BCUT2D eigenvalue weighted by molar-refractivity contribution is 5.75. The van der Waals surface area contributed by atoms with E-state index in [4.69, 9.17) is 9.84 Å². The van der Waals surface area contributed by atoms with Crippen molar-refractivity contribution in [1.82, 2.24) is 10.6 Å². The Bertz CT molecular complexity index is 474.